The third kappa shape index (κ3) is 4.00. The van der Waals surface area contributed by atoms with E-state index in [9.17, 15) is 0 Å². The predicted molar refractivity (Wildman–Crippen MR) is 157 cm³/mol. The summed E-state index contributed by atoms with van der Waals surface area (Å²) in [6.07, 6.45) is 1.81. The maximum Gasteiger partial charge on any atom is 0.153 e. The molecule has 3 nitrogen and oxygen atoms in total. The van der Waals surface area contributed by atoms with Crippen LogP contribution in [0.3, 0.4) is 0 Å². The standard InChI is InChI=1S/C35H24N2O/c1-3-9-25(10-4-1)27-16-18-29(19-17-27)37(30-14-7-13-28(23-30)26-11-5-2-6-12-26)31-20-21-32-34(24-31)38-33-15-8-22-36-35(32)33/h1-24H. The first kappa shape index (κ1) is 22.1. The van der Waals surface area contributed by atoms with Crippen LogP contribution in [-0.4, -0.2) is 4.98 Å². The Labute approximate surface area is 221 Å². The highest BCUT2D eigenvalue weighted by molar-refractivity contribution is 6.03. The number of rotatable bonds is 5. The quantitative estimate of drug-likeness (QED) is 0.241. The zero-order valence-corrected chi connectivity index (χ0v) is 20.7. The average molecular weight is 489 g/mol. The highest BCUT2D eigenvalue weighted by atomic mass is 16.3. The first-order valence-electron chi connectivity index (χ1n) is 12.7. The van der Waals surface area contributed by atoms with E-state index < -0.39 is 0 Å². The van der Waals surface area contributed by atoms with Crippen molar-refractivity contribution in [3.8, 4) is 22.3 Å². The van der Waals surface area contributed by atoms with Crippen molar-refractivity contribution in [1.82, 2.24) is 4.98 Å². The van der Waals surface area contributed by atoms with Crippen LogP contribution in [0.1, 0.15) is 0 Å². The van der Waals surface area contributed by atoms with Crippen molar-refractivity contribution in [3.63, 3.8) is 0 Å². The van der Waals surface area contributed by atoms with E-state index in [0.29, 0.717) is 0 Å². The molecule has 0 saturated heterocycles. The normalized spacial score (nSPS) is 11.2. The molecule has 0 aliphatic rings. The SMILES string of the molecule is c1ccc(-c2ccc(N(c3cccc(-c4ccccc4)c3)c3ccc4c(c3)oc3cccnc34)cc2)cc1. The van der Waals surface area contributed by atoms with E-state index in [4.69, 9.17) is 4.42 Å². The van der Waals surface area contributed by atoms with Gasteiger partial charge in [-0.2, -0.15) is 0 Å². The molecule has 38 heavy (non-hydrogen) atoms. The van der Waals surface area contributed by atoms with Gasteiger partial charge in [0.1, 0.15) is 11.1 Å². The monoisotopic (exact) mass is 488 g/mol. The fraction of sp³-hybridized carbons (Fsp3) is 0. The minimum atomic E-state index is 0.796. The summed E-state index contributed by atoms with van der Waals surface area (Å²) in [5.74, 6) is 0. The van der Waals surface area contributed by atoms with E-state index in [1.54, 1.807) is 6.20 Å². The molecule has 3 heteroatoms. The first-order valence-corrected chi connectivity index (χ1v) is 12.7. The van der Waals surface area contributed by atoms with Gasteiger partial charge >= 0.3 is 0 Å². The number of anilines is 3. The molecule has 0 aliphatic heterocycles. The predicted octanol–water partition coefficient (Wildman–Crippen LogP) is 9.78. The fourth-order valence-corrected chi connectivity index (χ4v) is 5.06. The number of hydrogen-bond donors (Lipinski definition) is 0. The molecule has 5 aromatic carbocycles. The summed E-state index contributed by atoms with van der Waals surface area (Å²) >= 11 is 0. The highest BCUT2D eigenvalue weighted by Gasteiger charge is 2.16. The van der Waals surface area contributed by atoms with Gasteiger partial charge in [0, 0.05) is 34.7 Å². The second-order valence-electron chi connectivity index (χ2n) is 9.30. The van der Waals surface area contributed by atoms with E-state index in [1.165, 1.54) is 22.3 Å². The van der Waals surface area contributed by atoms with Gasteiger partial charge in [-0.25, -0.2) is 0 Å². The lowest BCUT2D eigenvalue weighted by molar-refractivity contribution is 0.668. The Hall–Kier alpha value is -5.15. The molecular weight excluding hydrogens is 464 g/mol. The van der Waals surface area contributed by atoms with Crippen molar-refractivity contribution in [3.05, 3.63) is 146 Å². The Kier molecular flexibility index (Phi) is 5.45. The Morgan fingerprint density at radius 2 is 1.08 bits per heavy atom. The van der Waals surface area contributed by atoms with Crippen molar-refractivity contribution in [2.75, 3.05) is 4.90 Å². The maximum atomic E-state index is 6.20. The number of furan rings is 1. The summed E-state index contributed by atoms with van der Waals surface area (Å²) in [5.41, 5.74) is 10.4. The van der Waals surface area contributed by atoms with Crippen LogP contribution in [-0.2, 0) is 0 Å². The van der Waals surface area contributed by atoms with Gasteiger partial charge in [-0.3, -0.25) is 4.98 Å². The Morgan fingerprint density at radius 3 is 1.84 bits per heavy atom. The van der Waals surface area contributed by atoms with Crippen LogP contribution in [0.25, 0.3) is 44.3 Å². The van der Waals surface area contributed by atoms with Crippen molar-refractivity contribution >= 4 is 39.1 Å². The molecule has 7 rings (SSSR count). The Bertz CT molecular complexity index is 1860. The third-order valence-corrected chi connectivity index (χ3v) is 6.91. The van der Waals surface area contributed by atoms with Crippen LogP contribution in [0.5, 0.6) is 0 Å². The van der Waals surface area contributed by atoms with Gasteiger partial charge < -0.3 is 9.32 Å². The Balaban J connectivity index is 1.38. The maximum absolute atomic E-state index is 6.20. The molecule has 0 radical (unpaired) electrons. The molecule has 0 unspecified atom stereocenters. The van der Waals surface area contributed by atoms with E-state index in [1.807, 2.05) is 24.3 Å². The molecule has 0 bridgehead atoms. The molecule has 0 amide bonds. The van der Waals surface area contributed by atoms with E-state index in [0.717, 1.165) is 39.1 Å². The topological polar surface area (TPSA) is 29.3 Å². The summed E-state index contributed by atoms with van der Waals surface area (Å²) in [5, 5.41) is 1.02. The molecule has 0 fully saturated rings. The Morgan fingerprint density at radius 1 is 0.447 bits per heavy atom. The number of benzene rings is 5. The summed E-state index contributed by atoms with van der Waals surface area (Å²) in [6.45, 7) is 0. The highest BCUT2D eigenvalue weighted by Crippen LogP contribution is 2.39. The second kappa shape index (κ2) is 9.38. The molecular formula is C35H24N2O. The van der Waals surface area contributed by atoms with Gasteiger partial charge in [-0.05, 0) is 70.8 Å². The minimum absolute atomic E-state index is 0.796. The third-order valence-electron chi connectivity index (χ3n) is 6.91. The second-order valence-corrected chi connectivity index (χ2v) is 9.30. The molecule has 0 spiro atoms. The summed E-state index contributed by atoms with van der Waals surface area (Å²) in [4.78, 5) is 6.82. The molecule has 7 aromatic rings. The van der Waals surface area contributed by atoms with Gasteiger partial charge in [0.15, 0.2) is 5.58 Å². The van der Waals surface area contributed by atoms with Gasteiger partial charge in [0.25, 0.3) is 0 Å². The van der Waals surface area contributed by atoms with Crippen molar-refractivity contribution in [2.24, 2.45) is 0 Å². The molecule has 2 aromatic heterocycles. The zero-order valence-electron chi connectivity index (χ0n) is 20.7. The minimum Gasteiger partial charge on any atom is -0.454 e. The van der Waals surface area contributed by atoms with Crippen LogP contribution in [0.15, 0.2) is 150 Å². The van der Waals surface area contributed by atoms with Gasteiger partial charge in [-0.1, -0.05) is 84.9 Å². The largest absolute Gasteiger partial charge is 0.454 e. The smallest absolute Gasteiger partial charge is 0.153 e. The molecule has 0 saturated carbocycles. The lowest BCUT2D eigenvalue weighted by Crippen LogP contribution is -2.10. The van der Waals surface area contributed by atoms with E-state index in [-0.39, 0.29) is 0 Å². The molecule has 0 N–H and O–H groups in total. The summed E-state index contributed by atoms with van der Waals surface area (Å²) in [6, 6.07) is 48.6. The lowest BCUT2D eigenvalue weighted by Gasteiger charge is -2.26. The first-order chi connectivity index (χ1) is 18.8. The average Bonchev–Trinajstić information content (AvgIpc) is 3.37. The van der Waals surface area contributed by atoms with Crippen LogP contribution in [0.4, 0.5) is 17.1 Å². The number of fused-ring (bicyclic) bond motifs is 3. The zero-order chi connectivity index (χ0) is 25.3. The number of hydrogen-bond acceptors (Lipinski definition) is 3. The lowest BCUT2D eigenvalue weighted by atomic mass is 10.0. The number of aromatic nitrogens is 1. The molecule has 0 aliphatic carbocycles. The van der Waals surface area contributed by atoms with Gasteiger partial charge in [-0.15, -0.1) is 0 Å². The molecule has 180 valence electrons. The van der Waals surface area contributed by atoms with Crippen molar-refractivity contribution in [2.45, 2.75) is 0 Å². The van der Waals surface area contributed by atoms with Crippen LogP contribution >= 0.6 is 0 Å². The van der Waals surface area contributed by atoms with E-state index in [2.05, 4.69) is 125 Å². The van der Waals surface area contributed by atoms with Gasteiger partial charge in [0.2, 0.25) is 0 Å². The van der Waals surface area contributed by atoms with Crippen LogP contribution in [0.2, 0.25) is 0 Å². The van der Waals surface area contributed by atoms with E-state index >= 15 is 0 Å². The molecule has 0 atom stereocenters. The van der Waals surface area contributed by atoms with Crippen molar-refractivity contribution < 1.29 is 4.42 Å². The summed E-state index contributed by atoms with van der Waals surface area (Å²) < 4.78 is 6.20. The number of nitrogens with zero attached hydrogens (tertiary/aromatic N) is 2. The fourth-order valence-electron chi connectivity index (χ4n) is 5.06. The summed E-state index contributed by atoms with van der Waals surface area (Å²) in [7, 11) is 0. The van der Waals surface area contributed by atoms with Crippen LogP contribution in [0, 0.1) is 0 Å². The van der Waals surface area contributed by atoms with Crippen molar-refractivity contribution in [1.29, 1.82) is 0 Å². The number of pyridine rings is 1. The molecule has 2 heterocycles. The van der Waals surface area contributed by atoms with Crippen LogP contribution < -0.4 is 4.90 Å². The van der Waals surface area contributed by atoms with Gasteiger partial charge in [0.05, 0.1) is 0 Å².